The summed E-state index contributed by atoms with van der Waals surface area (Å²) in [6, 6.07) is 6.46. The van der Waals surface area contributed by atoms with E-state index in [1.165, 1.54) is 12.4 Å². The van der Waals surface area contributed by atoms with Crippen LogP contribution in [0.3, 0.4) is 0 Å². The Morgan fingerprint density at radius 2 is 2.03 bits per heavy atom. The zero-order valence-electron chi connectivity index (χ0n) is 17.5. The van der Waals surface area contributed by atoms with Crippen molar-refractivity contribution < 1.29 is 14.6 Å². The predicted molar refractivity (Wildman–Crippen MR) is 122 cm³/mol. The number of anilines is 4. The van der Waals surface area contributed by atoms with E-state index in [0.717, 1.165) is 11.3 Å². The minimum atomic E-state index is -0.614. The number of fused-ring (bicyclic) bond motifs is 2. The number of nitrogens with one attached hydrogen (secondary N) is 4. The number of pyridine rings is 2. The van der Waals surface area contributed by atoms with Crippen molar-refractivity contribution >= 4 is 39.7 Å². The lowest BCUT2D eigenvalue weighted by molar-refractivity contribution is 0.102. The summed E-state index contributed by atoms with van der Waals surface area (Å²) in [5, 5.41) is 18.7. The number of carbonyl (C=O) groups is 1. The highest BCUT2D eigenvalue weighted by Gasteiger charge is 2.20. The number of nitrogens with zero attached hydrogens (tertiary/aromatic N) is 3. The summed E-state index contributed by atoms with van der Waals surface area (Å²) in [5.41, 5.74) is 3.26. The van der Waals surface area contributed by atoms with Crippen LogP contribution in [0.5, 0.6) is 11.8 Å². The van der Waals surface area contributed by atoms with Gasteiger partial charge in [-0.2, -0.15) is 0 Å². The van der Waals surface area contributed by atoms with Crippen molar-refractivity contribution in [1.82, 2.24) is 19.9 Å². The van der Waals surface area contributed by atoms with Crippen LogP contribution in [-0.4, -0.2) is 44.1 Å². The first-order chi connectivity index (χ1) is 16.0. The topological polar surface area (TPSA) is 154 Å². The zero-order chi connectivity index (χ0) is 22.9. The number of H-pyrrole nitrogens is 1. The van der Waals surface area contributed by atoms with E-state index in [2.05, 4.69) is 35.9 Å². The summed E-state index contributed by atoms with van der Waals surface area (Å²) in [4.78, 5) is 40.5. The van der Waals surface area contributed by atoms with Crippen LogP contribution < -0.4 is 26.2 Å². The van der Waals surface area contributed by atoms with E-state index < -0.39 is 11.5 Å². The SMILES string of the molecule is Cc1c(Nc2cc[nH]c(=O)c2C(=O)Nc2ccc3ncc(O)nc3c2)cnc2c1NCCO2. The molecule has 166 valence electrons. The van der Waals surface area contributed by atoms with Gasteiger partial charge in [0.15, 0.2) is 0 Å². The van der Waals surface area contributed by atoms with Crippen LogP contribution in [0.15, 0.2) is 47.7 Å². The average molecular weight is 445 g/mol. The van der Waals surface area contributed by atoms with E-state index in [9.17, 15) is 14.7 Å². The van der Waals surface area contributed by atoms with Crippen LogP contribution in [0.2, 0.25) is 0 Å². The lowest BCUT2D eigenvalue weighted by Gasteiger charge is -2.22. The van der Waals surface area contributed by atoms with Crippen molar-refractivity contribution in [3.8, 4) is 11.8 Å². The molecule has 0 saturated carbocycles. The van der Waals surface area contributed by atoms with E-state index in [1.807, 2.05) is 6.92 Å². The van der Waals surface area contributed by atoms with Crippen LogP contribution >= 0.6 is 0 Å². The van der Waals surface area contributed by atoms with Crippen molar-refractivity contribution in [1.29, 1.82) is 0 Å². The summed E-state index contributed by atoms with van der Waals surface area (Å²) < 4.78 is 5.55. The Kier molecular flexibility index (Phi) is 4.98. The normalized spacial score (nSPS) is 12.4. The van der Waals surface area contributed by atoms with Crippen molar-refractivity contribution in [2.45, 2.75) is 6.92 Å². The number of amides is 1. The van der Waals surface area contributed by atoms with Gasteiger partial charge in [-0.15, -0.1) is 0 Å². The zero-order valence-corrected chi connectivity index (χ0v) is 17.5. The molecule has 4 aromatic rings. The second-order valence-corrected chi connectivity index (χ2v) is 7.36. The fraction of sp³-hybridized carbons (Fsp3) is 0.136. The van der Waals surface area contributed by atoms with Crippen molar-refractivity contribution in [3.63, 3.8) is 0 Å². The van der Waals surface area contributed by atoms with Gasteiger partial charge in [-0.25, -0.2) is 15.0 Å². The molecule has 0 saturated heterocycles. The van der Waals surface area contributed by atoms with E-state index >= 15 is 0 Å². The maximum atomic E-state index is 13.1. The molecule has 4 heterocycles. The number of aromatic hydroxyl groups is 1. The third kappa shape index (κ3) is 3.87. The van der Waals surface area contributed by atoms with Gasteiger partial charge in [0.05, 0.1) is 34.8 Å². The average Bonchev–Trinajstić information content (AvgIpc) is 2.81. The molecule has 0 fully saturated rings. The van der Waals surface area contributed by atoms with Gasteiger partial charge in [0.2, 0.25) is 11.8 Å². The number of benzene rings is 1. The Bertz CT molecular complexity index is 1450. The van der Waals surface area contributed by atoms with E-state index in [-0.39, 0.29) is 11.4 Å². The molecule has 1 aliphatic heterocycles. The molecule has 0 bridgehead atoms. The minimum Gasteiger partial charge on any atom is -0.492 e. The summed E-state index contributed by atoms with van der Waals surface area (Å²) in [7, 11) is 0. The third-order valence-corrected chi connectivity index (χ3v) is 5.19. The van der Waals surface area contributed by atoms with E-state index in [0.29, 0.717) is 47.1 Å². The molecule has 1 amide bonds. The van der Waals surface area contributed by atoms with Gasteiger partial charge in [-0.3, -0.25) is 9.59 Å². The smallest absolute Gasteiger partial charge is 0.263 e. The third-order valence-electron chi connectivity index (χ3n) is 5.19. The van der Waals surface area contributed by atoms with Gasteiger partial charge >= 0.3 is 0 Å². The maximum absolute atomic E-state index is 13.1. The summed E-state index contributed by atoms with van der Waals surface area (Å²) >= 11 is 0. The van der Waals surface area contributed by atoms with Crippen LogP contribution in [0.4, 0.5) is 22.7 Å². The molecule has 0 aliphatic carbocycles. The first-order valence-electron chi connectivity index (χ1n) is 10.1. The van der Waals surface area contributed by atoms with Crippen LogP contribution in [-0.2, 0) is 0 Å². The molecule has 5 rings (SSSR count). The van der Waals surface area contributed by atoms with Crippen LogP contribution in [0.1, 0.15) is 15.9 Å². The van der Waals surface area contributed by atoms with Crippen molar-refractivity contribution in [2.75, 3.05) is 29.1 Å². The highest BCUT2D eigenvalue weighted by Crippen LogP contribution is 2.34. The Morgan fingerprint density at radius 1 is 1.15 bits per heavy atom. The summed E-state index contributed by atoms with van der Waals surface area (Å²) in [6.07, 6.45) is 4.29. The molecule has 11 heteroatoms. The van der Waals surface area contributed by atoms with Gasteiger partial charge in [0, 0.05) is 24.0 Å². The first kappa shape index (κ1) is 20.2. The molecular weight excluding hydrogens is 426 g/mol. The minimum absolute atomic E-state index is 0.0964. The molecule has 1 aromatic carbocycles. The van der Waals surface area contributed by atoms with Gasteiger partial charge in [0.1, 0.15) is 17.9 Å². The summed E-state index contributed by atoms with van der Waals surface area (Å²) in [6.45, 7) is 3.08. The monoisotopic (exact) mass is 445 g/mol. The second-order valence-electron chi connectivity index (χ2n) is 7.36. The van der Waals surface area contributed by atoms with E-state index in [4.69, 9.17) is 4.74 Å². The molecule has 11 nitrogen and oxygen atoms in total. The fourth-order valence-corrected chi connectivity index (χ4v) is 3.57. The quantitative estimate of drug-likeness (QED) is 0.319. The van der Waals surface area contributed by atoms with Crippen molar-refractivity contribution in [2.24, 2.45) is 0 Å². The molecule has 0 atom stereocenters. The Hall–Kier alpha value is -4.67. The number of hydrogen-bond acceptors (Lipinski definition) is 9. The fourth-order valence-electron chi connectivity index (χ4n) is 3.57. The summed E-state index contributed by atoms with van der Waals surface area (Å²) in [5.74, 6) is -0.332. The Morgan fingerprint density at radius 3 is 2.91 bits per heavy atom. The van der Waals surface area contributed by atoms with Crippen LogP contribution in [0, 0.1) is 6.92 Å². The number of hydrogen-bond donors (Lipinski definition) is 5. The Labute approximate surface area is 186 Å². The molecule has 5 N–H and O–H groups in total. The Balaban J connectivity index is 1.46. The number of rotatable bonds is 4. The number of aromatic nitrogens is 4. The molecular formula is C22H19N7O4. The standard InChI is InChI=1S/C22H19N7O4/c1-11-16(9-26-22-19(11)23-6-7-33-22)28-14-4-5-24-20(31)18(14)21(32)27-12-2-3-13-15(8-12)29-17(30)10-25-13/h2-5,8-10,23H,6-7H2,1H3,(H,27,32)(H,29,30)(H2,24,28,31). The lowest BCUT2D eigenvalue weighted by atomic mass is 10.1. The first-order valence-corrected chi connectivity index (χ1v) is 10.1. The molecule has 1 aliphatic rings. The molecule has 0 radical (unpaired) electrons. The lowest BCUT2D eigenvalue weighted by Crippen LogP contribution is -2.25. The van der Waals surface area contributed by atoms with E-state index in [1.54, 1.807) is 30.5 Å². The molecule has 0 unspecified atom stereocenters. The number of carbonyl (C=O) groups excluding carboxylic acids is 1. The van der Waals surface area contributed by atoms with Gasteiger partial charge < -0.3 is 30.8 Å². The maximum Gasteiger partial charge on any atom is 0.263 e. The van der Waals surface area contributed by atoms with Crippen LogP contribution in [0.25, 0.3) is 11.0 Å². The molecule has 3 aromatic heterocycles. The van der Waals surface area contributed by atoms with Gasteiger partial charge in [-0.1, -0.05) is 0 Å². The highest BCUT2D eigenvalue weighted by atomic mass is 16.5. The molecule has 33 heavy (non-hydrogen) atoms. The van der Waals surface area contributed by atoms with Gasteiger partial charge in [0.25, 0.3) is 11.5 Å². The molecule has 0 spiro atoms. The number of ether oxygens (including phenoxy) is 1. The number of aromatic amines is 1. The largest absolute Gasteiger partial charge is 0.492 e. The van der Waals surface area contributed by atoms with Crippen molar-refractivity contribution in [3.05, 3.63) is 64.3 Å². The highest BCUT2D eigenvalue weighted by molar-refractivity contribution is 6.08. The van der Waals surface area contributed by atoms with Gasteiger partial charge in [-0.05, 0) is 31.2 Å². The predicted octanol–water partition coefficient (Wildman–Crippen LogP) is 2.53. The second kappa shape index (κ2) is 8.11.